The molecular weight excluding hydrogens is 313 g/mol. The third-order valence-electron chi connectivity index (χ3n) is 4.38. The highest BCUT2D eigenvalue weighted by Gasteiger charge is 2.69. The summed E-state index contributed by atoms with van der Waals surface area (Å²) in [5, 5.41) is 5.54. The number of hydrogen-bond acceptors (Lipinski definition) is 3. The van der Waals surface area contributed by atoms with Gasteiger partial charge in [-0.2, -0.15) is 0 Å². The molecule has 1 aromatic rings. The predicted octanol–water partition coefficient (Wildman–Crippen LogP) is 2.71. The Morgan fingerprint density at radius 2 is 2.00 bits per heavy atom. The van der Waals surface area contributed by atoms with Crippen molar-refractivity contribution in [2.75, 3.05) is 7.11 Å². The van der Waals surface area contributed by atoms with Crippen molar-refractivity contribution in [3.63, 3.8) is 0 Å². The van der Waals surface area contributed by atoms with Crippen molar-refractivity contribution in [1.29, 1.82) is 0 Å². The van der Waals surface area contributed by atoms with Crippen molar-refractivity contribution in [2.24, 2.45) is 0 Å². The van der Waals surface area contributed by atoms with E-state index in [2.05, 4.69) is 15.4 Å². The monoisotopic (exact) mass is 330 g/mol. The number of hydrogen-bond donors (Lipinski definition) is 2. The molecule has 0 spiro atoms. The molecule has 126 valence electrons. The SMILES string of the molecule is COC12CC(NC(=O)NCc3cccc(OC(F)(F)F)c3)(C1)C2. The van der Waals surface area contributed by atoms with Crippen molar-refractivity contribution in [3.05, 3.63) is 29.8 Å². The first-order chi connectivity index (χ1) is 10.7. The number of methoxy groups -OCH3 is 1. The molecule has 0 aromatic heterocycles. The molecular formula is C15H17F3N2O3. The van der Waals surface area contributed by atoms with Crippen LogP contribution in [0.25, 0.3) is 0 Å². The summed E-state index contributed by atoms with van der Waals surface area (Å²) in [4.78, 5) is 11.9. The third kappa shape index (κ3) is 3.36. The highest BCUT2D eigenvalue weighted by molar-refractivity contribution is 5.75. The molecule has 2 bridgehead atoms. The maximum atomic E-state index is 12.2. The second-order valence-corrected chi connectivity index (χ2v) is 6.20. The van der Waals surface area contributed by atoms with Crippen LogP contribution < -0.4 is 15.4 Å². The van der Waals surface area contributed by atoms with Gasteiger partial charge in [-0.25, -0.2) is 4.79 Å². The normalized spacial score (nSPS) is 28.3. The first kappa shape index (κ1) is 15.9. The fourth-order valence-corrected chi connectivity index (χ4v) is 3.36. The van der Waals surface area contributed by atoms with E-state index >= 15 is 0 Å². The number of carbonyl (C=O) groups excluding carboxylic acids is 1. The number of alkyl halides is 3. The van der Waals surface area contributed by atoms with Crippen LogP contribution in [-0.2, 0) is 11.3 Å². The molecule has 3 aliphatic rings. The molecule has 0 atom stereocenters. The lowest BCUT2D eigenvalue weighted by Crippen LogP contribution is -2.79. The zero-order chi connectivity index (χ0) is 16.7. The quantitative estimate of drug-likeness (QED) is 0.873. The van der Waals surface area contributed by atoms with E-state index in [0.29, 0.717) is 5.56 Å². The van der Waals surface area contributed by atoms with Gasteiger partial charge in [0.05, 0.1) is 11.1 Å². The van der Waals surface area contributed by atoms with Crippen LogP contribution in [0.1, 0.15) is 24.8 Å². The van der Waals surface area contributed by atoms with Crippen molar-refractivity contribution >= 4 is 6.03 Å². The van der Waals surface area contributed by atoms with Gasteiger partial charge in [0.1, 0.15) is 5.75 Å². The number of benzene rings is 1. The van der Waals surface area contributed by atoms with Crippen LogP contribution in [0.4, 0.5) is 18.0 Å². The Kier molecular flexibility index (Phi) is 3.66. The first-order valence-electron chi connectivity index (χ1n) is 7.19. The molecule has 0 unspecified atom stereocenters. The molecule has 4 rings (SSSR count). The summed E-state index contributed by atoms with van der Waals surface area (Å²) in [5.41, 5.74) is 0.283. The predicted molar refractivity (Wildman–Crippen MR) is 74.8 cm³/mol. The maximum Gasteiger partial charge on any atom is 0.573 e. The number of rotatable bonds is 5. The average molecular weight is 330 g/mol. The largest absolute Gasteiger partial charge is 0.573 e. The van der Waals surface area contributed by atoms with Gasteiger partial charge in [-0.1, -0.05) is 12.1 Å². The zero-order valence-electron chi connectivity index (χ0n) is 12.5. The second kappa shape index (κ2) is 5.30. The van der Waals surface area contributed by atoms with Crippen LogP contribution in [-0.4, -0.2) is 30.6 Å². The van der Waals surface area contributed by atoms with Crippen molar-refractivity contribution in [2.45, 2.75) is 43.3 Å². The Hall–Kier alpha value is -1.96. The lowest BCUT2D eigenvalue weighted by atomic mass is 9.46. The van der Waals surface area contributed by atoms with Gasteiger partial charge in [0.15, 0.2) is 0 Å². The van der Waals surface area contributed by atoms with Crippen LogP contribution in [0.3, 0.4) is 0 Å². The number of nitrogens with one attached hydrogen (secondary N) is 2. The summed E-state index contributed by atoms with van der Waals surface area (Å²) < 4.78 is 45.7. The van der Waals surface area contributed by atoms with Crippen molar-refractivity contribution in [3.8, 4) is 5.75 Å². The third-order valence-corrected chi connectivity index (χ3v) is 4.38. The molecule has 3 fully saturated rings. The van der Waals surface area contributed by atoms with Crippen LogP contribution in [0, 0.1) is 0 Å². The van der Waals surface area contributed by atoms with Crippen LogP contribution in [0.15, 0.2) is 24.3 Å². The lowest BCUT2D eigenvalue weighted by Gasteiger charge is -2.69. The Morgan fingerprint density at radius 3 is 2.61 bits per heavy atom. The lowest BCUT2D eigenvalue weighted by molar-refractivity contribution is -0.274. The zero-order valence-corrected chi connectivity index (χ0v) is 12.5. The molecule has 3 saturated carbocycles. The second-order valence-electron chi connectivity index (χ2n) is 6.20. The number of amides is 2. The van der Waals surface area contributed by atoms with E-state index in [1.165, 1.54) is 18.2 Å². The Labute approximate surface area is 131 Å². The van der Waals surface area contributed by atoms with Crippen molar-refractivity contribution < 1.29 is 27.4 Å². The average Bonchev–Trinajstić information content (AvgIpc) is 2.37. The number of carbonyl (C=O) groups is 1. The minimum atomic E-state index is -4.73. The minimum absolute atomic E-state index is 0.0590. The minimum Gasteiger partial charge on any atom is -0.406 e. The molecule has 0 aliphatic heterocycles. The summed E-state index contributed by atoms with van der Waals surface area (Å²) in [7, 11) is 1.67. The summed E-state index contributed by atoms with van der Waals surface area (Å²) in [6.45, 7) is 0.117. The molecule has 2 amide bonds. The fourth-order valence-electron chi connectivity index (χ4n) is 3.36. The molecule has 0 radical (unpaired) electrons. The smallest absolute Gasteiger partial charge is 0.406 e. The van der Waals surface area contributed by atoms with Gasteiger partial charge < -0.3 is 20.1 Å². The molecule has 23 heavy (non-hydrogen) atoms. The number of urea groups is 1. The summed E-state index contributed by atoms with van der Waals surface area (Å²) in [6, 6.07) is 5.18. The highest BCUT2D eigenvalue weighted by atomic mass is 19.4. The number of halogens is 3. The van der Waals surface area contributed by atoms with E-state index in [4.69, 9.17) is 4.74 Å². The van der Waals surface area contributed by atoms with Crippen LogP contribution in [0.2, 0.25) is 0 Å². The fraction of sp³-hybridized carbons (Fsp3) is 0.533. The van der Waals surface area contributed by atoms with Gasteiger partial charge in [-0.3, -0.25) is 0 Å². The molecule has 1 aromatic carbocycles. The summed E-state index contributed by atoms with van der Waals surface area (Å²) in [5.74, 6) is -0.307. The maximum absolute atomic E-state index is 12.2. The van der Waals surface area contributed by atoms with Gasteiger partial charge in [-0.15, -0.1) is 13.2 Å². The molecule has 2 N–H and O–H groups in total. The highest BCUT2D eigenvalue weighted by Crippen LogP contribution is 2.62. The van der Waals surface area contributed by atoms with E-state index in [1.54, 1.807) is 13.2 Å². The van der Waals surface area contributed by atoms with Gasteiger partial charge in [-0.05, 0) is 37.0 Å². The van der Waals surface area contributed by atoms with E-state index in [1.807, 2.05) is 0 Å². The topological polar surface area (TPSA) is 59.6 Å². The Bertz CT molecular complexity index is 598. The summed E-state index contributed by atoms with van der Waals surface area (Å²) >= 11 is 0. The molecule has 8 heteroatoms. The van der Waals surface area contributed by atoms with E-state index in [9.17, 15) is 18.0 Å². The Morgan fingerprint density at radius 1 is 1.30 bits per heavy atom. The van der Waals surface area contributed by atoms with Gasteiger partial charge >= 0.3 is 12.4 Å². The van der Waals surface area contributed by atoms with E-state index in [-0.39, 0.29) is 29.5 Å². The van der Waals surface area contributed by atoms with Gasteiger partial charge in [0.2, 0.25) is 0 Å². The van der Waals surface area contributed by atoms with Crippen LogP contribution >= 0.6 is 0 Å². The molecule has 0 saturated heterocycles. The molecule has 0 heterocycles. The molecule has 5 nitrogen and oxygen atoms in total. The van der Waals surface area contributed by atoms with Gasteiger partial charge in [0.25, 0.3) is 0 Å². The van der Waals surface area contributed by atoms with Gasteiger partial charge in [0, 0.05) is 13.7 Å². The molecule has 3 aliphatic carbocycles. The van der Waals surface area contributed by atoms with Crippen molar-refractivity contribution in [1.82, 2.24) is 10.6 Å². The van der Waals surface area contributed by atoms with Crippen LogP contribution in [0.5, 0.6) is 5.75 Å². The summed E-state index contributed by atoms with van der Waals surface area (Å²) in [6.07, 6.45) is -2.32. The standard InChI is InChI=1S/C15H17F3N2O3/c1-22-14-7-13(8-14,9-14)20-12(21)19-6-10-3-2-4-11(5-10)23-15(16,17)18/h2-5H,6-9H2,1H3,(H2,19,20,21). The van der Waals surface area contributed by atoms with E-state index < -0.39 is 6.36 Å². The first-order valence-corrected chi connectivity index (χ1v) is 7.19. The Balaban J connectivity index is 1.47. The van der Waals surface area contributed by atoms with E-state index in [0.717, 1.165) is 19.3 Å². The number of ether oxygens (including phenoxy) is 2.